The molecule has 0 aromatic carbocycles. The summed E-state index contributed by atoms with van der Waals surface area (Å²) in [7, 11) is 1.50. The fourth-order valence-corrected chi connectivity index (χ4v) is 1.78. The van der Waals surface area contributed by atoms with Gasteiger partial charge >= 0.3 is 6.18 Å². The Morgan fingerprint density at radius 1 is 1.43 bits per heavy atom. The Balaban J connectivity index is 3.01. The van der Waals surface area contributed by atoms with E-state index in [2.05, 4.69) is 10.3 Å². The fourth-order valence-electron chi connectivity index (χ4n) is 1.78. The quantitative estimate of drug-likeness (QED) is 0.865. The number of likely N-dealkylation sites (N-methyl/N-ethyl adjacent to an activating group) is 1. The third-order valence-corrected chi connectivity index (χ3v) is 2.66. The summed E-state index contributed by atoms with van der Waals surface area (Å²) in [6.45, 7) is 3.54. The number of aromatic nitrogens is 1. The predicted molar refractivity (Wildman–Crippen MR) is 73.7 cm³/mol. The van der Waals surface area contributed by atoms with Crippen molar-refractivity contribution in [1.29, 1.82) is 0 Å². The molecule has 0 aliphatic rings. The van der Waals surface area contributed by atoms with E-state index in [1.807, 2.05) is 0 Å². The summed E-state index contributed by atoms with van der Waals surface area (Å²) >= 11 is 0. The van der Waals surface area contributed by atoms with Crippen molar-refractivity contribution in [1.82, 2.24) is 10.3 Å². The summed E-state index contributed by atoms with van der Waals surface area (Å²) in [5, 5.41) is 2.66. The molecule has 0 spiro atoms. The molecule has 0 saturated heterocycles. The Kier molecular flexibility index (Phi) is 5.54. The number of amides is 1. The van der Waals surface area contributed by atoms with E-state index in [0.29, 0.717) is 5.56 Å². The second-order valence-corrected chi connectivity index (χ2v) is 4.96. The lowest BCUT2D eigenvalue weighted by Gasteiger charge is -2.22. The van der Waals surface area contributed by atoms with Gasteiger partial charge in [0.2, 0.25) is 5.91 Å². The highest BCUT2D eigenvalue weighted by molar-refractivity contribution is 5.81. The van der Waals surface area contributed by atoms with Gasteiger partial charge in [0.05, 0.1) is 6.54 Å². The second-order valence-electron chi connectivity index (χ2n) is 4.96. The number of carbonyl (C=O) groups is 1. The number of rotatable bonds is 5. The van der Waals surface area contributed by atoms with Gasteiger partial charge in [0.15, 0.2) is 0 Å². The van der Waals surface area contributed by atoms with Crippen LogP contribution >= 0.6 is 0 Å². The molecule has 0 saturated carbocycles. The minimum Gasteiger partial charge on any atom is -0.352 e. The van der Waals surface area contributed by atoms with Crippen LogP contribution in [0.2, 0.25) is 0 Å². The van der Waals surface area contributed by atoms with Crippen LogP contribution in [-0.4, -0.2) is 30.5 Å². The number of halogens is 3. The number of nitrogens with one attached hydrogen (secondary N) is 1. The van der Waals surface area contributed by atoms with Gasteiger partial charge in [-0.05, 0) is 19.9 Å². The van der Waals surface area contributed by atoms with Crippen LogP contribution in [0, 0.1) is 0 Å². The topological polar surface area (TPSA) is 71.2 Å². The van der Waals surface area contributed by atoms with E-state index < -0.39 is 11.9 Å². The lowest BCUT2D eigenvalue weighted by atomic mass is 10.2. The van der Waals surface area contributed by atoms with E-state index in [0.717, 1.165) is 6.07 Å². The van der Waals surface area contributed by atoms with Gasteiger partial charge in [-0.2, -0.15) is 13.2 Å². The maximum absolute atomic E-state index is 12.7. The summed E-state index contributed by atoms with van der Waals surface area (Å²) in [5.74, 6) is -0.235. The summed E-state index contributed by atoms with van der Waals surface area (Å²) in [6.07, 6.45) is -4.54. The van der Waals surface area contributed by atoms with Crippen molar-refractivity contribution in [2.24, 2.45) is 5.73 Å². The highest BCUT2D eigenvalue weighted by atomic mass is 19.4. The van der Waals surface area contributed by atoms with Gasteiger partial charge < -0.3 is 16.0 Å². The average Bonchev–Trinajstić information content (AvgIpc) is 2.35. The average molecular weight is 304 g/mol. The molecule has 0 aliphatic heterocycles. The molecule has 1 aromatic rings. The Labute approximate surface area is 121 Å². The van der Waals surface area contributed by atoms with Crippen molar-refractivity contribution in [2.75, 3.05) is 18.5 Å². The minimum atomic E-state index is -4.54. The van der Waals surface area contributed by atoms with Crippen molar-refractivity contribution in [3.05, 3.63) is 23.4 Å². The largest absolute Gasteiger partial charge is 0.433 e. The molecule has 0 unspecified atom stereocenters. The van der Waals surface area contributed by atoms with Gasteiger partial charge in [-0.1, -0.05) is 6.07 Å². The Morgan fingerprint density at radius 3 is 2.52 bits per heavy atom. The van der Waals surface area contributed by atoms with Crippen LogP contribution < -0.4 is 16.0 Å². The first-order chi connectivity index (χ1) is 9.65. The molecule has 0 radical (unpaired) electrons. The number of nitrogens with two attached hydrogens (primary N) is 1. The van der Waals surface area contributed by atoms with E-state index in [1.165, 1.54) is 18.0 Å². The SMILES string of the molecule is CC(C)NC(=O)CN(C)c1nc(C(F)(F)F)ccc1CN. The molecule has 5 nitrogen and oxygen atoms in total. The van der Waals surface area contributed by atoms with Gasteiger partial charge in [-0.3, -0.25) is 4.79 Å². The highest BCUT2D eigenvalue weighted by Gasteiger charge is 2.33. The van der Waals surface area contributed by atoms with Gasteiger partial charge in [-0.15, -0.1) is 0 Å². The van der Waals surface area contributed by atoms with Gasteiger partial charge in [-0.25, -0.2) is 4.98 Å². The van der Waals surface area contributed by atoms with Crippen LogP contribution in [0.25, 0.3) is 0 Å². The molecular formula is C13H19F3N4O. The first-order valence-corrected chi connectivity index (χ1v) is 6.42. The molecule has 3 N–H and O–H groups in total. The van der Waals surface area contributed by atoms with Crippen molar-refractivity contribution < 1.29 is 18.0 Å². The van der Waals surface area contributed by atoms with E-state index in [-0.39, 0.29) is 30.9 Å². The lowest BCUT2D eigenvalue weighted by molar-refractivity contribution is -0.141. The van der Waals surface area contributed by atoms with E-state index in [1.54, 1.807) is 13.8 Å². The summed E-state index contributed by atoms with van der Waals surface area (Å²) < 4.78 is 38.1. The Morgan fingerprint density at radius 2 is 2.05 bits per heavy atom. The Hall–Kier alpha value is -1.83. The van der Waals surface area contributed by atoms with Crippen LogP contribution in [0.5, 0.6) is 0 Å². The molecule has 1 aromatic heterocycles. The highest BCUT2D eigenvalue weighted by Crippen LogP contribution is 2.30. The van der Waals surface area contributed by atoms with E-state index in [9.17, 15) is 18.0 Å². The smallest absolute Gasteiger partial charge is 0.352 e. The number of carbonyl (C=O) groups excluding carboxylic acids is 1. The zero-order valence-electron chi connectivity index (χ0n) is 12.2. The third-order valence-electron chi connectivity index (χ3n) is 2.66. The zero-order valence-corrected chi connectivity index (χ0v) is 12.2. The number of alkyl halides is 3. The fraction of sp³-hybridized carbons (Fsp3) is 0.538. The van der Waals surface area contributed by atoms with Gasteiger partial charge in [0.25, 0.3) is 0 Å². The number of pyridine rings is 1. The van der Waals surface area contributed by atoms with Crippen LogP contribution in [0.15, 0.2) is 12.1 Å². The molecule has 0 bridgehead atoms. The van der Waals surface area contributed by atoms with Crippen LogP contribution in [0.1, 0.15) is 25.1 Å². The molecule has 0 fully saturated rings. The molecule has 1 amide bonds. The zero-order chi connectivity index (χ0) is 16.2. The van der Waals surface area contributed by atoms with E-state index >= 15 is 0 Å². The molecular weight excluding hydrogens is 285 g/mol. The maximum Gasteiger partial charge on any atom is 0.433 e. The number of nitrogens with zero attached hydrogens (tertiary/aromatic N) is 2. The lowest BCUT2D eigenvalue weighted by Crippen LogP contribution is -2.39. The monoisotopic (exact) mass is 304 g/mol. The molecule has 118 valence electrons. The van der Waals surface area contributed by atoms with Crippen LogP contribution in [0.3, 0.4) is 0 Å². The number of hydrogen-bond donors (Lipinski definition) is 2. The molecule has 8 heteroatoms. The predicted octanol–water partition coefficient (Wildman–Crippen LogP) is 1.52. The number of hydrogen-bond acceptors (Lipinski definition) is 4. The van der Waals surface area contributed by atoms with Crippen molar-refractivity contribution >= 4 is 11.7 Å². The number of anilines is 1. The van der Waals surface area contributed by atoms with Gasteiger partial charge in [0, 0.05) is 25.2 Å². The summed E-state index contributed by atoms with van der Waals surface area (Å²) in [6, 6.07) is 2.12. The summed E-state index contributed by atoms with van der Waals surface area (Å²) in [5.41, 5.74) is 4.95. The van der Waals surface area contributed by atoms with Crippen molar-refractivity contribution in [3.8, 4) is 0 Å². The van der Waals surface area contributed by atoms with Crippen molar-refractivity contribution in [2.45, 2.75) is 32.6 Å². The molecule has 0 aliphatic carbocycles. The molecule has 21 heavy (non-hydrogen) atoms. The summed E-state index contributed by atoms with van der Waals surface area (Å²) in [4.78, 5) is 16.6. The standard InChI is InChI=1S/C13H19F3N4O/c1-8(2)18-11(21)7-20(3)12-9(6-17)4-5-10(19-12)13(14,15)16/h4-5,8H,6-7,17H2,1-3H3,(H,18,21). The Bertz CT molecular complexity index is 503. The molecule has 0 atom stereocenters. The normalized spacial score (nSPS) is 11.6. The van der Waals surface area contributed by atoms with Crippen LogP contribution in [0.4, 0.5) is 19.0 Å². The third kappa shape index (κ3) is 4.89. The second kappa shape index (κ2) is 6.75. The molecule has 1 rings (SSSR count). The minimum absolute atomic E-state index is 0.0383. The first-order valence-electron chi connectivity index (χ1n) is 6.42. The van der Waals surface area contributed by atoms with Crippen LogP contribution in [-0.2, 0) is 17.5 Å². The maximum atomic E-state index is 12.7. The van der Waals surface area contributed by atoms with Crippen molar-refractivity contribution in [3.63, 3.8) is 0 Å². The van der Waals surface area contributed by atoms with E-state index in [4.69, 9.17) is 5.73 Å². The molecule has 1 heterocycles. The first kappa shape index (κ1) is 17.2. The van der Waals surface area contributed by atoms with Gasteiger partial charge in [0.1, 0.15) is 11.5 Å².